The maximum atomic E-state index is 11.8. The maximum absolute atomic E-state index is 11.8. The number of hydrogen-bond donors (Lipinski definition) is 1. The third-order valence-corrected chi connectivity index (χ3v) is 3.62. The summed E-state index contributed by atoms with van der Waals surface area (Å²) in [6, 6.07) is 7.90. The molecular weight excluding hydrogens is 188 g/mol. The van der Waals surface area contributed by atoms with E-state index in [1.165, 1.54) is 0 Å². The van der Waals surface area contributed by atoms with Crippen molar-refractivity contribution in [1.29, 1.82) is 0 Å². The summed E-state index contributed by atoms with van der Waals surface area (Å²) in [7, 11) is 2.08. The second-order valence-corrected chi connectivity index (χ2v) is 4.39. The Morgan fingerprint density at radius 3 is 2.93 bits per heavy atom. The predicted octanol–water partition coefficient (Wildman–Crippen LogP) is 1.31. The van der Waals surface area contributed by atoms with Crippen LogP contribution < -0.4 is 5.32 Å². The van der Waals surface area contributed by atoms with Gasteiger partial charge in [0, 0.05) is 17.7 Å². The molecule has 0 aromatic heterocycles. The summed E-state index contributed by atoms with van der Waals surface area (Å²) in [6.45, 7) is 1.05. The van der Waals surface area contributed by atoms with Gasteiger partial charge in [0.05, 0.1) is 0 Å². The van der Waals surface area contributed by atoms with E-state index in [9.17, 15) is 4.79 Å². The van der Waals surface area contributed by atoms with E-state index < -0.39 is 0 Å². The van der Waals surface area contributed by atoms with E-state index in [4.69, 9.17) is 0 Å². The standard InChI is InChI=1S/C12H14N2O/c1-14-8-4-7-12(14)10-6-3-2-5-9(10)11(15)13-12/h2-3,5-6H,4,7-8H2,1H3,(H,13,15)/t12-/m0/s1. The van der Waals surface area contributed by atoms with Crippen LogP contribution in [0.15, 0.2) is 24.3 Å². The van der Waals surface area contributed by atoms with Gasteiger partial charge < -0.3 is 5.32 Å². The molecule has 1 aromatic carbocycles. The Hall–Kier alpha value is -1.35. The number of nitrogens with one attached hydrogen (secondary N) is 1. The molecule has 0 aliphatic carbocycles. The number of rotatable bonds is 0. The molecule has 0 unspecified atom stereocenters. The molecule has 0 radical (unpaired) electrons. The molecule has 1 N–H and O–H groups in total. The first-order valence-corrected chi connectivity index (χ1v) is 5.37. The van der Waals surface area contributed by atoms with E-state index >= 15 is 0 Å². The Labute approximate surface area is 89.1 Å². The van der Waals surface area contributed by atoms with Gasteiger partial charge in [-0.3, -0.25) is 9.69 Å². The van der Waals surface area contributed by atoms with Crippen molar-refractivity contribution < 1.29 is 4.79 Å². The smallest absolute Gasteiger partial charge is 0.253 e. The minimum atomic E-state index is -0.215. The summed E-state index contributed by atoms with van der Waals surface area (Å²) in [5.74, 6) is 0.0688. The molecule has 1 atom stereocenters. The Morgan fingerprint density at radius 2 is 2.20 bits per heavy atom. The second-order valence-electron chi connectivity index (χ2n) is 4.39. The lowest BCUT2D eigenvalue weighted by atomic mass is 9.97. The molecule has 3 heteroatoms. The highest BCUT2D eigenvalue weighted by Crippen LogP contribution is 2.40. The van der Waals surface area contributed by atoms with E-state index in [1.807, 2.05) is 18.2 Å². The zero-order valence-electron chi connectivity index (χ0n) is 8.79. The van der Waals surface area contributed by atoms with Crippen LogP contribution in [-0.2, 0) is 5.66 Å². The van der Waals surface area contributed by atoms with Crippen LogP contribution in [0.3, 0.4) is 0 Å². The number of carbonyl (C=O) groups is 1. The van der Waals surface area contributed by atoms with Crippen molar-refractivity contribution in [2.75, 3.05) is 13.6 Å². The first-order chi connectivity index (χ1) is 7.24. The summed E-state index contributed by atoms with van der Waals surface area (Å²) in [4.78, 5) is 14.1. The Balaban J connectivity index is 2.19. The van der Waals surface area contributed by atoms with Crippen molar-refractivity contribution in [3.05, 3.63) is 35.4 Å². The molecule has 78 valence electrons. The number of nitrogens with zero attached hydrogens (tertiary/aromatic N) is 1. The zero-order valence-corrected chi connectivity index (χ0v) is 8.79. The van der Waals surface area contributed by atoms with Crippen molar-refractivity contribution in [2.45, 2.75) is 18.5 Å². The quantitative estimate of drug-likeness (QED) is 0.688. The van der Waals surface area contributed by atoms with Crippen LogP contribution in [0.2, 0.25) is 0 Å². The van der Waals surface area contributed by atoms with Crippen molar-refractivity contribution in [3.8, 4) is 0 Å². The van der Waals surface area contributed by atoms with Gasteiger partial charge in [-0.25, -0.2) is 0 Å². The Bertz CT molecular complexity index is 429. The van der Waals surface area contributed by atoms with E-state index in [0.29, 0.717) is 0 Å². The molecule has 2 heterocycles. The fourth-order valence-electron chi connectivity index (χ4n) is 2.82. The molecule has 1 aromatic rings. The molecule has 1 amide bonds. The molecule has 3 nitrogen and oxygen atoms in total. The Morgan fingerprint density at radius 1 is 1.40 bits per heavy atom. The van der Waals surface area contributed by atoms with Gasteiger partial charge in [-0.2, -0.15) is 0 Å². The van der Waals surface area contributed by atoms with Crippen LogP contribution >= 0.6 is 0 Å². The largest absolute Gasteiger partial charge is 0.330 e. The van der Waals surface area contributed by atoms with Gasteiger partial charge >= 0.3 is 0 Å². The molecular formula is C12H14N2O. The SMILES string of the molecule is CN1CCC[C@]12NC(=O)c1ccccc12. The summed E-state index contributed by atoms with van der Waals surface area (Å²) >= 11 is 0. The highest BCUT2D eigenvalue weighted by atomic mass is 16.2. The molecule has 2 aliphatic rings. The fourth-order valence-corrected chi connectivity index (χ4v) is 2.82. The van der Waals surface area contributed by atoms with Crippen molar-refractivity contribution in [1.82, 2.24) is 10.2 Å². The first kappa shape index (κ1) is 8.92. The number of hydrogen-bond acceptors (Lipinski definition) is 2. The predicted molar refractivity (Wildman–Crippen MR) is 57.5 cm³/mol. The molecule has 3 rings (SSSR count). The summed E-state index contributed by atoms with van der Waals surface area (Å²) in [5, 5.41) is 3.13. The molecule has 0 saturated carbocycles. The Kier molecular flexibility index (Phi) is 1.68. The monoisotopic (exact) mass is 202 g/mol. The van der Waals surface area contributed by atoms with E-state index in [1.54, 1.807) is 0 Å². The molecule has 1 fully saturated rings. The second kappa shape index (κ2) is 2.83. The van der Waals surface area contributed by atoms with Gasteiger partial charge in [-0.05, 0) is 26.0 Å². The van der Waals surface area contributed by atoms with Crippen molar-refractivity contribution >= 4 is 5.91 Å². The first-order valence-electron chi connectivity index (χ1n) is 5.37. The van der Waals surface area contributed by atoms with Crippen LogP contribution in [0.25, 0.3) is 0 Å². The lowest BCUT2D eigenvalue weighted by Gasteiger charge is -2.32. The molecule has 2 aliphatic heterocycles. The lowest BCUT2D eigenvalue weighted by Crippen LogP contribution is -2.48. The van der Waals surface area contributed by atoms with Crippen LogP contribution in [0, 0.1) is 0 Å². The van der Waals surface area contributed by atoms with Crippen LogP contribution in [0.1, 0.15) is 28.8 Å². The molecule has 15 heavy (non-hydrogen) atoms. The summed E-state index contributed by atoms with van der Waals surface area (Å²) < 4.78 is 0. The van der Waals surface area contributed by atoms with Gasteiger partial charge in [0.1, 0.15) is 5.66 Å². The lowest BCUT2D eigenvalue weighted by molar-refractivity contribution is 0.0817. The normalized spacial score (nSPS) is 29.5. The summed E-state index contributed by atoms with van der Waals surface area (Å²) in [6.07, 6.45) is 2.16. The highest BCUT2D eigenvalue weighted by molar-refractivity contribution is 5.99. The molecule has 1 spiro atoms. The zero-order chi connectivity index (χ0) is 10.5. The van der Waals surface area contributed by atoms with Crippen molar-refractivity contribution in [2.24, 2.45) is 0 Å². The molecule has 0 bridgehead atoms. The minimum Gasteiger partial charge on any atom is -0.330 e. The average molecular weight is 202 g/mol. The summed E-state index contributed by atoms with van der Waals surface area (Å²) in [5.41, 5.74) is 1.77. The van der Waals surface area contributed by atoms with Gasteiger partial charge in [0.25, 0.3) is 5.91 Å². The van der Waals surface area contributed by atoms with E-state index in [0.717, 1.165) is 30.5 Å². The minimum absolute atomic E-state index is 0.0688. The highest BCUT2D eigenvalue weighted by Gasteiger charge is 2.47. The van der Waals surface area contributed by atoms with Gasteiger partial charge in [0.2, 0.25) is 0 Å². The number of benzene rings is 1. The van der Waals surface area contributed by atoms with E-state index in [-0.39, 0.29) is 11.6 Å². The van der Waals surface area contributed by atoms with Gasteiger partial charge in [-0.15, -0.1) is 0 Å². The van der Waals surface area contributed by atoms with Gasteiger partial charge in [-0.1, -0.05) is 18.2 Å². The van der Waals surface area contributed by atoms with Crippen LogP contribution in [0.5, 0.6) is 0 Å². The third kappa shape index (κ3) is 1.01. The van der Waals surface area contributed by atoms with Crippen molar-refractivity contribution in [3.63, 3.8) is 0 Å². The van der Waals surface area contributed by atoms with E-state index in [2.05, 4.69) is 23.3 Å². The van der Waals surface area contributed by atoms with Gasteiger partial charge in [0.15, 0.2) is 0 Å². The van der Waals surface area contributed by atoms with Crippen LogP contribution in [0.4, 0.5) is 0 Å². The number of likely N-dealkylation sites (tertiary alicyclic amines) is 1. The third-order valence-electron chi connectivity index (χ3n) is 3.62. The van der Waals surface area contributed by atoms with Crippen LogP contribution in [-0.4, -0.2) is 24.4 Å². The fraction of sp³-hybridized carbons (Fsp3) is 0.417. The average Bonchev–Trinajstić information content (AvgIpc) is 2.74. The maximum Gasteiger partial charge on any atom is 0.253 e. The molecule has 1 saturated heterocycles. The number of amides is 1. The topological polar surface area (TPSA) is 32.3 Å². The number of fused-ring (bicyclic) bond motifs is 2. The number of carbonyl (C=O) groups excluding carboxylic acids is 1.